The molecule has 2 nitrogen and oxygen atoms in total. The first-order chi connectivity index (χ1) is 2.77. The maximum atomic E-state index is 6.66. The third-order valence-corrected chi connectivity index (χ3v) is 5.61. The molecule has 0 heterocycles. The van der Waals surface area contributed by atoms with Crippen LogP contribution >= 0.6 is 27.5 Å². The molecular formula is CH3I2N2S-. The quantitative estimate of drug-likeness (QED) is 0.331. The molecule has 0 atom stereocenters. The van der Waals surface area contributed by atoms with Gasteiger partial charge in [0, 0.05) is 0 Å². The van der Waals surface area contributed by atoms with Gasteiger partial charge in [0.2, 0.25) is 0 Å². The van der Waals surface area contributed by atoms with Crippen molar-refractivity contribution in [2.45, 2.75) is 0 Å². The fourth-order valence-corrected chi connectivity index (χ4v) is 4.24. The van der Waals surface area contributed by atoms with Gasteiger partial charge in [-0.1, -0.05) is 0 Å². The van der Waals surface area contributed by atoms with Crippen molar-refractivity contribution in [2.75, 3.05) is 0 Å². The van der Waals surface area contributed by atoms with Gasteiger partial charge < -0.3 is 0 Å². The number of hydrogen-bond donors (Lipinski definition) is 2. The van der Waals surface area contributed by atoms with Gasteiger partial charge in [0.15, 0.2) is 0 Å². The first-order valence-corrected chi connectivity index (χ1v) is 10.7. The van der Waals surface area contributed by atoms with Gasteiger partial charge in [-0.3, -0.25) is 0 Å². The van der Waals surface area contributed by atoms with Crippen LogP contribution in [0, 0.1) is 5.41 Å². The second-order valence-corrected chi connectivity index (χ2v) is 10.2. The summed E-state index contributed by atoms with van der Waals surface area (Å²) in [5.74, 6) is 0. The second kappa shape index (κ2) is 4.44. The minimum atomic E-state index is 0.104. The van der Waals surface area contributed by atoms with E-state index in [2.05, 4.69) is 18.6 Å². The Labute approximate surface area is 59.0 Å². The Morgan fingerprint density at radius 1 is 2.00 bits per heavy atom. The topological polar surface area (TPSA) is 49.9 Å². The zero-order valence-corrected chi connectivity index (χ0v) is 7.87. The van der Waals surface area contributed by atoms with E-state index in [1.54, 1.807) is 0 Å². The van der Waals surface area contributed by atoms with Gasteiger partial charge in [0.05, 0.1) is 0 Å². The number of nitrogens with two attached hydrogens (primary N) is 1. The molecule has 38 valence electrons. The van der Waals surface area contributed by atoms with Crippen LogP contribution in [0.15, 0.2) is 0 Å². The van der Waals surface area contributed by atoms with Crippen molar-refractivity contribution in [3.8, 4) is 0 Å². The molecule has 0 spiro atoms. The Morgan fingerprint density at radius 3 is 2.50 bits per heavy atom. The van der Waals surface area contributed by atoms with E-state index in [1.807, 2.05) is 0 Å². The third-order valence-electron chi connectivity index (χ3n) is 0.112. The van der Waals surface area contributed by atoms with Gasteiger partial charge in [-0.2, -0.15) is 0 Å². The van der Waals surface area contributed by atoms with Crippen LogP contribution in [0.25, 0.3) is 0 Å². The molecule has 0 amide bonds. The van der Waals surface area contributed by atoms with Crippen LogP contribution in [0.2, 0.25) is 0 Å². The fourth-order valence-electron chi connectivity index (χ4n) is 0.0314. The molecule has 0 aromatic rings. The van der Waals surface area contributed by atoms with Gasteiger partial charge in [0.1, 0.15) is 0 Å². The minimum absolute atomic E-state index is 0.104. The summed E-state index contributed by atoms with van der Waals surface area (Å²) >= 11 is 2.36. The Bertz CT molecular complexity index is 55.5. The maximum absolute atomic E-state index is 6.66. The molecule has 0 fully saturated rings. The SMILES string of the molecule is N=C(N)S[I-]I. The molecule has 0 unspecified atom stereocenters. The number of hydrogen-bond acceptors (Lipinski definition) is 2. The van der Waals surface area contributed by atoms with E-state index in [0.717, 1.165) is 0 Å². The van der Waals surface area contributed by atoms with Crippen molar-refractivity contribution in [2.24, 2.45) is 5.73 Å². The summed E-state index contributed by atoms with van der Waals surface area (Å²) in [6.07, 6.45) is 0. The van der Waals surface area contributed by atoms with Crippen molar-refractivity contribution < 1.29 is 15.8 Å². The molecular weight excluding hydrogens is 326 g/mol. The van der Waals surface area contributed by atoms with Crippen LogP contribution in [0.1, 0.15) is 0 Å². The molecule has 0 bridgehead atoms. The van der Waals surface area contributed by atoms with Crippen LogP contribution in [0.4, 0.5) is 0 Å². The van der Waals surface area contributed by atoms with Crippen molar-refractivity contribution >= 4 is 32.7 Å². The van der Waals surface area contributed by atoms with E-state index < -0.39 is 0 Å². The first-order valence-electron chi connectivity index (χ1n) is 1.04. The van der Waals surface area contributed by atoms with E-state index in [1.165, 1.54) is 8.93 Å². The van der Waals surface area contributed by atoms with Crippen LogP contribution in [0.5, 0.6) is 0 Å². The van der Waals surface area contributed by atoms with Crippen LogP contribution < -0.4 is 21.6 Å². The Balaban J connectivity index is 2.83. The summed E-state index contributed by atoms with van der Waals surface area (Å²) in [6.45, 7) is 0. The number of halogens is 2. The molecule has 0 aromatic carbocycles. The van der Waals surface area contributed by atoms with Crippen LogP contribution in [-0.4, -0.2) is 5.17 Å². The van der Waals surface area contributed by atoms with Gasteiger partial charge in [-0.15, -0.1) is 0 Å². The first kappa shape index (κ1) is 7.28. The molecule has 0 aromatic heterocycles. The van der Waals surface area contributed by atoms with Gasteiger partial charge in [0.25, 0.3) is 0 Å². The van der Waals surface area contributed by atoms with Crippen molar-refractivity contribution in [1.82, 2.24) is 0 Å². The zero-order valence-electron chi connectivity index (χ0n) is 2.74. The summed E-state index contributed by atoms with van der Waals surface area (Å²) in [5.41, 5.74) is 4.97. The van der Waals surface area contributed by atoms with Gasteiger partial charge in [-0.05, 0) is 0 Å². The van der Waals surface area contributed by atoms with E-state index >= 15 is 0 Å². The average Bonchev–Trinajstić information content (AvgIpc) is 1.35. The van der Waals surface area contributed by atoms with E-state index in [4.69, 9.17) is 11.1 Å². The molecule has 6 heavy (non-hydrogen) atoms. The molecule has 3 N–H and O–H groups in total. The monoisotopic (exact) mass is 329 g/mol. The third kappa shape index (κ3) is 5.28. The predicted molar refractivity (Wildman–Crippen MR) is 33.5 cm³/mol. The second-order valence-electron chi connectivity index (χ2n) is 0.500. The molecule has 0 saturated carbocycles. The van der Waals surface area contributed by atoms with E-state index in [0.29, 0.717) is 0 Å². The van der Waals surface area contributed by atoms with Gasteiger partial charge >= 0.3 is 59.7 Å². The van der Waals surface area contributed by atoms with Crippen LogP contribution in [0.3, 0.4) is 0 Å². The zero-order chi connectivity index (χ0) is 4.99. The summed E-state index contributed by atoms with van der Waals surface area (Å²) in [5, 5.41) is 6.91. The summed E-state index contributed by atoms with van der Waals surface area (Å²) in [6, 6.07) is 0. The van der Waals surface area contributed by atoms with Gasteiger partial charge in [-0.25, -0.2) is 0 Å². The molecule has 0 saturated heterocycles. The fraction of sp³-hybridized carbons (Fsp3) is 0. The number of nitrogens with one attached hydrogen (secondary N) is 1. The molecule has 0 aliphatic carbocycles. The Kier molecular flexibility index (Phi) is 5.39. The molecule has 0 rings (SSSR count). The van der Waals surface area contributed by atoms with Crippen molar-refractivity contribution in [1.29, 1.82) is 5.41 Å². The Morgan fingerprint density at radius 2 is 2.50 bits per heavy atom. The summed E-state index contributed by atoms with van der Waals surface area (Å²) in [4.78, 5) is 0. The van der Waals surface area contributed by atoms with E-state index in [9.17, 15) is 0 Å². The molecule has 5 heteroatoms. The summed E-state index contributed by atoms with van der Waals surface area (Å²) < 4.78 is 0. The van der Waals surface area contributed by atoms with E-state index in [-0.39, 0.29) is 21.0 Å². The Hall–Kier alpha value is 1.28. The number of amidine groups is 1. The summed E-state index contributed by atoms with van der Waals surface area (Å²) in [7, 11) is 1.44. The predicted octanol–water partition coefficient (Wildman–Crippen LogP) is -2.03. The molecule has 0 aliphatic heterocycles. The average molecular weight is 329 g/mol. The van der Waals surface area contributed by atoms with Crippen molar-refractivity contribution in [3.05, 3.63) is 0 Å². The van der Waals surface area contributed by atoms with Crippen LogP contribution in [-0.2, 0) is 0 Å². The number of rotatable bonds is 1. The standard InChI is InChI=1S/CH3I2N2S/c2-3-6-1(4)5/h(H3,4,5)/q-1. The molecule has 0 radical (unpaired) electrons. The molecule has 0 aliphatic rings. The normalized spacial score (nSPS) is 8.83. The van der Waals surface area contributed by atoms with Crippen molar-refractivity contribution in [3.63, 3.8) is 0 Å².